The van der Waals surface area contributed by atoms with Crippen LogP contribution < -0.4 is 4.72 Å². The molecular formula is C16H15N3O3S. The highest BCUT2D eigenvalue weighted by Crippen LogP contribution is 2.24. The summed E-state index contributed by atoms with van der Waals surface area (Å²) in [4.78, 5) is 0.0386. The molecule has 0 radical (unpaired) electrons. The number of benzene rings is 2. The van der Waals surface area contributed by atoms with Gasteiger partial charge in [-0.25, -0.2) is 8.42 Å². The maximum Gasteiger partial charge on any atom is 0.265 e. The van der Waals surface area contributed by atoms with Crippen molar-refractivity contribution in [3.8, 4) is 5.75 Å². The lowest BCUT2D eigenvalue weighted by Gasteiger charge is -2.07. The van der Waals surface area contributed by atoms with Crippen LogP contribution in [0.3, 0.4) is 0 Å². The van der Waals surface area contributed by atoms with Crippen LogP contribution in [0.5, 0.6) is 5.75 Å². The zero-order valence-electron chi connectivity index (χ0n) is 12.1. The predicted octanol–water partition coefficient (Wildman–Crippen LogP) is 2.44. The molecular weight excluding hydrogens is 314 g/mol. The minimum atomic E-state index is -3.80. The molecule has 0 amide bonds. The van der Waals surface area contributed by atoms with E-state index >= 15 is 0 Å². The lowest BCUT2D eigenvalue weighted by Crippen LogP contribution is -2.12. The number of anilines is 1. The van der Waals surface area contributed by atoms with Gasteiger partial charge < -0.3 is 5.11 Å². The first kappa shape index (κ1) is 15.1. The second kappa shape index (κ2) is 6.13. The first-order valence-electron chi connectivity index (χ1n) is 6.92. The third-order valence-corrected chi connectivity index (χ3v) is 4.58. The summed E-state index contributed by atoms with van der Waals surface area (Å²) in [6.07, 6.45) is 2.74. The summed E-state index contributed by atoms with van der Waals surface area (Å²) in [5.41, 5.74) is 1.15. The van der Waals surface area contributed by atoms with E-state index in [1.54, 1.807) is 16.8 Å². The van der Waals surface area contributed by atoms with Crippen LogP contribution in [0.1, 0.15) is 5.56 Å². The second-order valence-electron chi connectivity index (χ2n) is 4.98. The molecule has 2 N–H and O–H groups in total. The Balaban J connectivity index is 1.80. The zero-order chi connectivity index (χ0) is 16.3. The summed E-state index contributed by atoms with van der Waals surface area (Å²) < 4.78 is 28.6. The van der Waals surface area contributed by atoms with Crippen molar-refractivity contribution in [2.75, 3.05) is 4.72 Å². The summed E-state index contributed by atoms with van der Waals surface area (Å²) in [6.45, 7) is 0.479. The maximum atomic E-state index is 12.3. The van der Waals surface area contributed by atoms with Crippen LogP contribution in [-0.2, 0) is 16.6 Å². The number of nitrogens with zero attached hydrogens (tertiary/aromatic N) is 2. The minimum Gasteiger partial charge on any atom is -0.506 e. The van der Waals surface area contributed by atoms with Gasteiger partial charge in [-0.1, -0.05) is 42.5 Å². The molecule has 2 aromatic carbocycles. The number of nitrogens with one attached hydrogen (secondary N) is 1. The number of para-hydroxylation sites is 2. The van der Waals surface area contributed by atoms with Crippen molar-refractivity contribution in [3.63, 3.8) is 0 Å². The van der Waals surface area contributed by atoms with Crippen LogP contribution in [0.25, 0.3) is 0 Å². The molecule has 6 nitrogen and oxygen atoms in total. The van der Waals surface area contributed by atoms with Crippen LogP contribution in [0.4, 0.5) is 5.69 Å². The number of aromatic hydroxyl groups is 1. The standard InChI is InChI=1S/C16H15N3O3S/c20-16-9-5-4-8-15(16)18-23(21,22)14-10-17-19(12-14)11-13-6-2-1-3-7-13/h1-10,12,18,20H,11H2. The highest BCUT2D eigenvalue weighted by atomic mass is 32.2. The van der Waals surface area contributed by atoms with Crippen molar-refractivity contribution >= 4 is 15.7 Å². The summed E-state index contributed by atoms with van der Waals surface area (Å²) >= 11 is 0. The lowest BCUT2D eigenvalue weighted by atomic mass is 10.2. The fourth-order valence-corrected chi connectivity index (χ4v) is 3.13. The molecule has 1 heterocycles. The smallest absolute Gasteiger partial charge is 0.265 e. The molecule has 1 aromatic heterocycles. The first-order chi connectivity index (χ1) is 11.0. The molecule has 0 aliphatic rings. The van der Waals surface area contributed by atoms with Gasteiger partial charge in [0.1, 0.15) is 10.6 Å². The highest BCUT2D eigenvalue weighted by molar-refractivity contribution is 7.92. The molecule has 23 heavy (non-hydrogen) atoms. The SMILES string of the molecule is O=S(=O)(Nc1ccccc1O)c1cnn(Cc2ccccc2)c1. The first-order valence-corrected chi connectivity index (χ1v) is 8.40. The summed E-state index contributed by atoms with van der Waals surface area (Å²) in [5, 5.41) is 13.7. The quantitative estimate of drug-likeness (QED) is 0.704. The van der Waals surface area contributed by atoms with E-state index in [0.29, 0.717) is 6.54 Å². The molecule has 0 spiro atoms. The molecule has 3 rings (SSSR count). The molecule has 118 valence electrons. The Morgan fingerprint density at radius 3 is 2.48 bits per heavy atom. The van der Waals surface area contributed by atoms with Crippen LogP contribution in [0, 0.1) is 0 Å². The average molecular weight is 329 g/mol. The Labute approximate surface area is 134 Å². The van der Waals surface area contributed by atoms with Gasteiger partial charge in [0.2, 0.25) is 0 Å². The third-order valence-electron chi connectivity index (χ3n) is 3.26. The van der Waals surface area contributed by atoms with Crippen LogP contribution in [0.2, 0.25) is 0 Å². The Morgan fingerprint density at radius 1 is 1.04 bits per heavy atom. The summed E-state index contributed by atoms with van der Waals surface area (Å²) in [7, 11) is -3.80. The van der Waals surface area contributed by atoms with Crippen molar-refractivity contribution in [3.05, 3.63) is 72.6 Å². The van der Waals surface area contributed by atoms with Crippen molar-refractivity contribution in [1.82, 2.24) is 9.78 Å². The highest BCUT2D eigenvalue weighted by Gasteiger charge is 2.18. The van der Waals surface area contributed by atoms with Crippen molar-refractivity contribution in [2.24, 2.45) is 0 Å². The molecule has 0 atom stereocenters. The van der Waals surface area contributed by atoms with Crippen molar-refractivity contribution in [1.29, 1.82) is 0 Å². The molecule has 7 heteroatoms. The van der Waals surface area contributed by atoms with Crippen LogP contribution in [0.15, 0.2) is 71.9 Å². The van der Waals surface area contributed by atoms with Gasteiger partial charge >= 0.3 is 0 Å². The van der Waals surface area contributed by atoms with E-state index in [1.807, 2.05) is 30.3 Å². The summed E-state index contributed by atoms with van der Waals surface area (Å²) in [5.74, 6) is -0.132. The molecule has 0 fully saturated rings. The normalized spacial score (nSPS) is 11.3. The molecule has 0 aliphatic heterocycles. The van der Waals surface area contributed by atoms with E-state index < -0.39 is 10.0 Å². The number of hydrogen-bond acceptors (Lipinski definition) is 4. The number of phenols is 1. The molecule has 0 bridgehead atoms. The van der Waals surface area contributed by atoms with Gasteiger partial charge in [0, 0.05) is 6.20 Å². The van der Waals surface area contributed by atoms with Gasteiger partial charge in [-0.3, -0.25) is 9.40 Å². The Kier molecular flexibility index (Phi) is 4.03. The summed E-state index contributed by atoms with van der Waals surface area (Å²) in [6, 6.07) is 15.8. The van der Waals surface area contributed by atoms with E-state index in [4.69, 9.17) is 0 Å². The van der Waals surface area contributed by atoms with Gasteiger partial charge in [0.15, 0.2) is 0 Å². The van der Waals surface area contributed by atoms with E-state index in [0.717, 1.165) is 5.56 Å². The van der Waals surface area contributed by atoms with E-state index in [2.05, 4.69) is 9.82 Å². The Morgan fingerprint density at radius 2 is 1.74 bits per heavy atom. The average Bonchev–Trinajstić information content (AvgIpc) is 3.00. The van der Waals surface area contributed by atoms with Crippen LogP contribution >= 0.6 is 0 Å². The van der Waals surface area contributed by atoms with Crippen molar-refractivity contribution < 1.29 is 13.5 Å². The second-order valence-corrected chi connectivity index (χ2v) is 6.66. The van der Waals surface area contributed by atoms with Crippen LogP contribution in [-0.4, -0.2) is 23.3 Å². The number of hydrogen-bond donors (Lipinski definition) is 2. The Bertz CT molecular complexity index is 905. The third kappa shape index (κ3) is 3.51. The van der Waals surface area contributed by atoms with Gasteiger partial charge in [-0.05, 0) is 17.7 Å². The minimum absolute atomic E-state index is 0.0386. The number of sulfonamides is 1. The molecule has 3 aromatic rings. The Hall–Kier alpha value is -2.80. The molecule has 0 unspecified atom stereocenters. The van der Waals surface area contributed by atoms with E-state index in [-0.39, 0.29) is 16.3 Å². The zero-order valence-corrected chi connectivity index (χ0v) is 12.9. The van der Waals surface area contributed by atoms with Gasteiger partial charge in [0.05, 0.1) is 18.4 Å². The molecule has 0 saturated heterocycles. The predicted molar refractivity (Wildman–Crippen MR) is 86.7 cm³/mol. The van der Waals surface area contributed by atoms with Gasteiger partial charge in [-0.2, -0.15) is 5.10 Å². The lowest BCUT2D eigenvalue weighted by molar-refractivity contribution is 0.477. The van der Waals surface area contributed by atoms with Gasteiger partial charge in [-0.15, -0.1) is 0 Å². The van der Waals surface area contributed by atoms with Crippen molar-refractivity contribution in [2.45, 2.75) is 11.4 Å². The van der Waals surface area contributed by atoms with E-state index in [9.17, 15) is 13.5 Å². The topological polar surface area (TPSA) is 84.2 Å². The maximum absolute atomic E-state index is 12.3. The fraction of sp³-hybridized carbons (Fsp3) is 0.0625. The monoisotopic (exact) mass is 329 g/mol. The largest absolute Gasteiger partial charge is 0.506 e. The molecule has 0 saturated carbocycles. The number of rotatable bonds is 5. The van der Waals surface area contributed by atoms with Gasteiger partial charge in [0.25, 0.3) is 10.0 Å². The molecule has 0 aliphatic carbocycles. The fourth-order valence-electron chi connectivity index (χ4n) is 2.10. The number of aromatic nitrogens is 2. The van der Waals surface area contributed by atoms with E-state index in [1.165, 1.54) is 24.5 Å². The number of phenolic OH excluding ortho intramolecular Hbond substituents is 1.